The van der Waals surface area contributed by atoms with E-state index in [9.17, 15) is 4.39 Å². The monoisotopic (exact) mass is 312 g/mol. The number of nitrogens with one attached hydrogen (secondary N) is 1. The summed E-state index contributed by atoms with van der Waals surface area (Å²) in [6, 6.07) is 5.73. The van der Waals surface area contributed by atoms with E-state index in [1.165, 1.54) is 6.07 Å². The van der Waals surface area contributed by atoms with Gasteiger partial charge >= 0.3 is 0 Å². The summed E-state index contributed by atoms with van der Waals surface area (Å²) < 4.78 is 24.4. The third kappa shape index (κ3) is 6.30. The van der Waals surface area contributed by atoms with Crippen molar-refractivity contribution in [3.8, 4) is 0 Å². The van der Waals surface area contributed by atoms with Crippen molar-refractivity contribution in [2.24, 2.45) is 0 Å². The number of ether oxygens (including phenoxy) is 2. The van der Waals surface area contributed by atoms with E-state index in [0.717, 1.165) is 18.5 Å². The Balaban J connectivity index is 2.83. The van der Waals surface area contributed by atoms with Crippen LogP contribution >= 0.6 is 0 Å². The van der Waals surface area contributed by atoms with Crippen LogP contribution < -0.4 is 10.2 Å². The maximum absolute atomic E-state index is 14.2. The number of nitrogens with zero attached hydrogens (tertiary/aromatic N) is 1. The summed E-state index contributed by atoms with van der Waals surface area (Å²) >= 11 is 0. The zero-order chi connectivity index (χ0) is 16.4. The van der Waals surface area contributed by atoms with E-state index in [1.807, 2.05) is 17.0 Å². The first-order valence-corrected chi connectivity index (χ1v) is 7.87. The van der Waals surface area contributed by atoms with Crippen molar-refractivity contribution in [3.05, 3.63) is 29.6 Å². The molecule has 126 valence electrons. The molecule has 0 radical (unpaired) electrons. The Morgan fingerprint density at radius 1 is 1.18 bits per heavy atom. The first-order valence-electron chi connectivity index (χ1n) is 7.87. The average molecular weight is 312 g/mol. The Morgan fingerprint density at radius 2 is 1.82 bits per heavy atom. The molecule has 0 aliphatic heterocycles. The van der Waals surface area contributed by atoms with E-state index in [4.69, 9.17) is 9.47 Å². The number of methoxy groups -OCH3 is 2. The van der Waals surface area contributed by atoms with Crippen molar-refractivity contribution in [1.29, 1.82) is 0 Å². The van der Waals surface area contributed by atoms with Gasteiger partial charge in [0.15, 0.2) is 0 Å². The highest BCUT2D eigenvalue weighted by molar-refractivity contribution is 5.50. The molecule has 1 rings (SSSR count). The molecule has 0 heterocycles. The molecular formula is C17H29FN2O2. The molecule has 1 unspecified atom stereocenters. The Kier molecular flexibility index (Phi) is 9.04. The topological polar surface area (TPSA) is 33.7 Å². The smallest absolute Gasteiger partial charge is 0.146 e. The summed E-state index contributed by atoms with van der Waals surface area (Å²) in [4.78, 5) is 1.97. The maximum atomic E-state index is 14.2. The van der Waals surface area contributed by atoms with Crippen LogP contribution in [0.15, 0.2) is 18.2 Å². The fraction of sp³-hybridized carbons (Fsp3) is 0.647. The fourth-order valence-electron chi connectivity index (χ4n) is 2.10. The van der Waals surface area contributed by atoms with E-state index in [0.29, 0.717) is 38.0 Å². The molecule has 0 aromatic heterocycles. The third-order valence-corrected chi connectivity index (χ3v) is 3.75. The Bertz CT molecular complexity index is 421. The molecular weight excluding hydrogens is 283 g/mol. The molecule has 0 spiro atoms. The predicted octanol–water partition coefficient (Wildman–Crippen LogP) is 2.81. The largest absolute Gasteiger partial charge is 0.383 e. The number of anilines is 1. The van der Waals surface area contributed by atoms with Crippen molar-refractivity contribution in [2.45, 2.75) is 32.9 Å². The van der Waals surface area contributed by atoms with Crippen LogP contribution in [-0.4, -0.2) is 46.6 Å². The standard InChI is InChI=1S/C17H29FN2O2/c1-5-14(2)19-13-15-6-7-16(18)17(12-15)20(8-10-21-3)9-11-22-4/h6-7,12,14,19H,5,8-11,13H2,1-4H3. The third-order valence-electron chi connectivity index (χ3n) is 3.75. The molecule has 1 atom stereocenters. The van der Waals surface area contributed by atoms with Crippen LogP contribution in [0.3, 0.4) is 0 Å². The van der Waals surface area contributed by atoms with Crippen molar-refractivity contribution in [1.82, 2.24) is 5.32 Å². The quantitative estimate of drug-likeness (QED) is 0.681. The lowest BCUT2D eigenvalue weighted by Gasteiger charge is -2.25. The lowest BCUT2D eigenvalue weighted by molar-refractivity contribution is 0.190. The number of benzene rings is 1. The Hall–Kier alpha value is -1.17. The maximum Gasteiger partial charge on any atom is 0.146 e. The summed E-state index contributed by atoms with van der Waals surface area (Å²) in [5, 5.41) is 3.43. The van der Waals surface area contributed by atoms with Crippen LogP contribution in [0.2, 0.25) is 0 Å². The highest BCUT2D eigenvalue weighted by Crippen LogP contribution is 2.21. The molecule has 1 aromatic rings. The highest BCUT2D eigenvalue weighted by Gasteiger charge is 2.12. The molecule has 5 heteroatoms. The molecule has 0 aliphatic rings. The minimum Gasteiger partial charge on any atom is -0.383 e. The van der Waals surface area contributed by atoms with Crippen LogP contribution in [0.1, 0.15) is 25.8 Å². The van der Waals surface area contributed by atoms with Crippen LogP contribution in [-0.2, 0) is 16.0 Å². The molecule has 0 aliphatic carbocycles. The second kappa shape index (κ2) is 10.5. The molecule has 22 heavy (non-hydrogen) atoms. The number of halogens is 1. The van der Waals surface area contributed by atoms with Crippen LogP contribution in [0, 0.1) is 5.82 Å². The van der Waals surface area contributed by atoms with Gasteiger partial charge in [0.2, 0.25) is 0 Å². The Labute approximate surface area is 133 Å². The Morgan fingerprint density at radius 3 is 2.36 bits per heavy atom. The molecule has 4 nitrogen and oxygen atoms in total. The van der Waals surface area contributed by atoms with E-state index in [1.54, 1.807) is 14.2 Å². The highest BCUT2D eigenvalue weighted by atomic mass is 19.1. The van der Waals surface area contributed by atoms with Gasteiger partial charge in [-0.15, -0.1) is 0 Å². The second-order valence-electron chi connectivity index (χ2n) is 5.45. The van der Waals surface area contributed by atoms with E-state index >= 15 is 0 Å². The van der Waals surface area contributed by atoms with Crippen molar-refractivity contribution in [2.75, 3.05) is 45.4 Å². The molecule has 0 bridgehead atoms. The predicted molar refractivity (Wildman–Crippen MR) is 89.0 cm³/mol. The normalized spacial score (nSPS) is 12.4. The lowest BCUT2D eigenvalue weighted by Crippen LogP contribution is -2.31. The first kappa shape index (κ1) is 18.9. The zero-order valence-corrected chi connectivity index (χ0v) is 14.2. The average Bonchev–Trinajstić information content (AvgIpc) is 2.54. The number of rotatable bonds is 11. The van der Waals surface area contributed by atoms with Crippen molar-refractivity contribution in [3.63, 3.8) is 0 Å². The van der Waals surface area contributed by atoms with Gasteiger partial charge in [0.25, 0.3) is 0 Å². The molecule has 1 N–H and O–H groups in total. The van der Waals surface area contributed by atoms with Gasteiger partial charge in [-0.3, -0.25) is 0 Å². The van der Waals surface area contributed by atoms with Crippen molar-refractivity contribution < 1.29 is 13.9 Å². The van der Waals surface area contributed by atoms with Crippen LogP contribution in [0.25, 0.3) is 0 Å². The lowest BCUT2D eigenvalue weighted by atomic mass is 10.1. The molecule has 0 saturated heterocycles. The van der Waals surface area contributed by atoms with Gasteiger partial charge in [0.1, 0.15) is 5.82 Å². The van der Waals surface area contributed by atoms with Crippen LogP contribution in [0.4, 0.5) is 10.1 Å². The minimum absolute atomic E-state index is 0.209. The molecule has 1 aromatic carbocycles. The molecule has 0 amide bonds. The number of hydrogen-bond donors (Lipinski definition) is 1. The van der Waals surface area contributed by atoms with Gasteiger partial charge in [0.05, 0.1) is 18.9 Å². The van der Waals surface area contributed by atoms with Gasteiger partial charge in [-0.25, -0.2) is 4.39 Å². The van der Waals surface area contributed by atoms with Gasteiger partial charge in [-0.1, -0.05) is 13.0 Å². The second-order valence-corrected chi connectivity index (χ2v) is 5.45. The van der Waals surface area contributed by atoms with E-state index in [-0.39, 0.29) is 5.82 Å². The van der Waals surface area contributed by atoms with Gasteiger partial charge in [0, 0.05) is 39.9 Å². The van der Waals surface area contributed by atoms with Crippen molar-refractivity contribution >= 4 is 5.69 Å². The van der Waals surface area contributed by atoms with Gasteiger partial charge < -0.3 is 19.7 Å². The summed E-state index contributed by atoms with van der Waals surface area (Å²) in [5.74, 6) is -0.209. The van der Waals surface area contributed by atoms with E-state index in [2.05, 4.69) is 19.2 Å². The summed E-state index contributed by atoms with van der Waals surface area (Å²) in [7, 11) is 3.30. The molecule has 0 saturated carbocycles. The van der Waals surface area contributed by atoms with E-state index < -0.39 is 0 Å². The number of hydrogen-bond acceptors (Lipinski definition) is 4. The summed E-state index contributed by atoms with van der Waals surface area (Å²) in [6.45, 7) is 7.42. The zero-order valence-electron chi connectivity index (χ0n) is 14.2. The van der Waals surface area contributed by atoms with Crippen LogP contribution in [0.5, 0.6) is 0 Å². The summed E-state index contributed by atoms with van der Waals surface area (Å²) in [6.07, 6.45) is 1.07. The fourth-order valence-corrected chi connectivity index (χ4v) is 2.10. The van der Waals surface area contributed by atoms with Gasteiger partial charge in [-0.2, -0.15) is 0 Å². The minimum atomic E-state index is -0.209. The SMILES string of the molecule is CCC(C)NCc1ccc(F)c(N(CCOC)CCOC)c1. The van der Waals surface area contributed by atoms with Gasteiger partial charge in [-0.05, 0) is 31.0 Å². The summed E-state index contributed by atoms with van der Waals surface area (Å²) in [5.41, 5.74) is 1.69. The first-order chi connectivity index (χ1) is 10.6. The molecule has 0 fully saturated rings.